The van der Waals surface area contributed by atoms with Crippen molar-refractivity contribution in [3.63, 3.8) is 0 Å². The Kier molecular flexibility index (Phi) is 6.36. The maximum Gasteiger partial charge on any atom is 0.317 e. The highest BCUT2D eigenvalue weighted by Gasteiger charge is 2.26. The third kappa shape index (κ3) is 4.57. The Labute approximate surface area is 200 Å². The Bertz CT molecular complexity index is 1150. The van der Waals surface area contributed by atoms with Gasteiger partial charge in [-0.25, -0.2) is 14.8 Å². The Hall–Kier alpha value is -3.20. The first-order valence-electron chi connectivity index (χ1n) is 12.3. The number of carbonyl (C=O) groups excluding carboxylic acids is 1. The molecule has 0 saturated carbocycles. The zero-order valence-corrected chi connectivity index (χ0v) is 20.3. The molecule has 0 aromatic carbocycles. The fraction of sp³-hybridized carbons (Fsp3) is 0.520. The van der Waals surface area contributed by atoms with Crippen LogP contribution in [0.5, 0.6) is 0 Å². The van der Waals surface area contributed by atoms with Crippen molar-refractivity contribution >= 4 is 17.6 Å². The molecule has 1 saturated heterocycles. The predicted octanol–water partition coefficient (Wildman–Crippen LogP) is 2.87. The molecule has 1 fully saturated rings. The van der Waals surface area contributed by atoms with E-state index in [0.717, 1.165) is 49.8 Å². The summed E-state index contributed by atoms with van der Waals surface area (Å²) in [6.45, 7) is 7.56. The van der Waals surface area contributed by atoms with Crippen LogP contribution in [-0.4, -0.2) is 74.5 Å². The number of urea groups is 1. The average molecular weight is 463 g/mol. The number of aryl methyl sites for hydroxylation is 1. The van der Waals surface area contributed by atoms with Crippen LogP contribution < -0.4 is 10.2 Å². The summed E-state index contributed by atoms with van der Waals surface area (Å²) in [5.41, 5.74) is 4.50. The fourth-order valence-electron chi connectivity index (χ4n) is 5.09. The van der Waals surface area contributed by atoms with Gasteiger partial charge in [-0.1, -0.05) is 6.07 Å². The topological polar surface area (TPSA) is 81.9 Å². The normalized spacial score (nSPS) is 18.6. The van der Waals surface area contributed by atoms with Crippen LogP contribution in [0, 0.1) is 0 Å². The number of pyridine rings is 1. The van der Waals surface area contributed by atoms with Crippen LogP contribution >= 0.6 is 0 Å². The van der Waals surface area contributed by atoms with Crippen molar-refractivity contribution in [1.29, 1.82) is 0 Å². The number of carbonyl (C=O) groups is 1. The maximum absolute atomic E-state index is 12.3. The first-order valence-corrected chi connectivity index (χ1v) is 12.3. The van der Waals surface area contributed by atoms with Gasteiger partial charge in [-0.15, -0.1) is 0 Å². The molecule has 1 N–H and O–H groups in total. The number of rotatable bonds is 5. The molecule has 1 aliphatic carbocycles. The third-order valence-electron chi connectivity index (χ3n) is 6.78. The minimum absolute atomic E-state index is 0.00699. The largest absolute Gasteiger partial charge is 0.338 e. The van der Waals surface area contributed by atoms with Crippen molar-refractivity contribution in [3.8, 4) is 0 Å². The number of hydrogen-bond acceptors (Lipinski definition) is 6. The van der Waals surface area contributed by atoms with E-state index in [2.05, 4.69) is 43.8 Å². The number of nitrogens with zero attached hydrogens (tertiary/aromatic N) is 7. The van der Waals surface area contributed by atoms with E-state index in [-0.39, 0.29) is 12.1 Å². The number of nitrogens with one attached hydrogen (secondary N) is 1. The van der Waals surface area contributed by atoms with E-state index >= 15 is 0 Å². The molecule has 2 amide bonds. The van der Waals surface area contributed by atoms with Crippen LogP contribution in [0.15, 0.2) is 36.8 Å². The van der Waals surface area contributed by atoms with Crippen LogP contribution in [0.4, 0.5) is 10.7 Å². The number of fused-ring (bicyclic) bond motifs is 2. The summed E-state index contributed by atoms with van der Waals surface area (Å²) in [6, 6.07) is 6.66. The van der Waals surface area contributed by atoms with Crippen molar-refractivity contribution < 1.29 is 4.79 Å². The number of piperazine rings is 1. The molecule has 9 heteroatoms. The predicted molar refractivity (Wildman–Crippen MR) is 132 cm³/mol. The van der Waals surface area contributed by atoms with Crippen LogP contribution in [0.2, 0.25) is 0 Å². The molecule has 1 unspecified atom stereocenters. The van der Waals surface area contributed by atoms with E-state index < -0.39 is 0 Å². The smallest absolute Gasteiger partial charge is 0.317 e. The van der Waals surface area contributed by atoms with Gasteiger partial charge in [0.25, 0.3) is 0 Å². The van der Waals surface area contributed by atoms with E-state index in [1.54, 1.807) is 0 Å². The highest BCUT2D eigenvalue weighted by atomic mass is 16.2. The lowest BCUT2D eigenvalue weighted by Crippen LogP contribution is -2.53. The lowest BCUT2D eigenvalue weighted by molar-refractivity contribution is 0.191. The van der Waals surface area contributed by atoms with Crippen LogP contribution in [0.3, 0.4) is 0 Å². The molecule has 2 aliphatic rings. The molecule has 0 radical (unpaired) electrons. The zero-order valence-electron chi connectivity index (χ0n) is 20.3. The monoisotopic (exact) mass is 462 g/mol. The van der Waals surface area contributed by atoms with Crippen LogP contribution in [0.25, 0.3) is 5.65 Å². The molecule has 180 valence electrons. The highest BCUT2D eigenvalue weighted by molar-refractivity contribution is 5.74. The van der Waals surface area contributed by atoms with Gasteiger partial charge in [0.15, 0.2) is 0 Å². The van der Waals surface area contributed by atoms with Gasteiger partial charge in [0.05, 0.1) is 17.4 Å². The lowest BCUT2D eigenvalue weighted by atomic mass is 9.91. The van der Waals surface area contributed by atoms with Gasteiger partial charge in [-0.3, -0.25) is 14.3 Å². The van der Waals surface area contributed by atoms with Gasteiger partial charge in [0.1, 0.15) is 5.65 Å². The first kappa shape index (κ1) is 22.6. The van der Waals surface area contributed by atoms with Crippen molar-refractivity contribution in [2.75, 3.05) is 38.1 Å². The van der Waals surface area contributed by atoms with Crippen LogP contribution in [-0.2, 0) is 13.0 Å². The SMILES string of the molecule is CC(C)NC(=O)N1CCN(c2nccc3nc(CN(C)C4CCCc5cccnc54)cn23)CC1. The molecule has 1 aliphatic heterocycles. The second kappa shape index (κ2) is 9.58. The van der Waals surface area contributed by atoms with Crippen molar-refractivity contribution in [2.24, 2.45) is 0 Å². The average Bonchev–Trinajstić information content (AvgIpc) is 3.25. The number of aromatic nitrogens is 4. The molecule has 34 heavy (non-hydrogen) atoms. The van der Waals surface area contributed by atoms with Gasteiger partial charge in [-0.2, -0.15) is 0 Å². The molecule has 0 bridgehead atoms. The first-order chi connectivity index (χ1) is 16.5. The minimum atomic E-state index is 0.00699. The number of hydrogen-bond donors (Lipinski definition) is 1. The molecular weight excluding hydrogens is 428 g/mol. The van der Waals surface area contributed by atoms with Crippen molar-refractivity contribution in [3.05, 3.63) is 53.7 Å². The van der Waals surface area contributed by atoms with Gasteiger partial charge in [0.2, 0.25) is 5.95 Å². The van der Waals surface area contributed by atoms with Crippen molar-refractivity contribution in [1.82, 2.24) is 34.5 Å². The second-order valence-electron chi connectivity index (χ2n) is 9.65. The van der Waals surface area contributed by atoms with Gasteiger partial charge >= 0.3 is 6.03 Å². The zero-order chi connectivity index (χ0) is 23.7. The molecule has 1 atom stereocenters. The Morgan fingerprint density at radius 1 is 1.18 bits per heavy atom. The van der Waals surface area contributed by atoms with E-state index in [4.69, 9.17) is 9.97 Å². The summed E-state index contributed by atoms with van der Waals surface area (Å²) in [7, 11) is 2.17. The van der Waals surface area contributed by atoms with Gasteiger partial charge in [0, 0.05) is 57.4 Å². The Morgan fingerprint density at radius 2 is 2.00 bits per heavy atom. The number of imidazole rings is 1. The van der Waals surface area contributed by atoms with E-state index in [0.29, 0.717) is 19.1 Å². The summed E-state index contributed by atoms with van der Waals surface area (Å²) >= 11 is 0. The molecule has 5 rings (SSSR count). The maximum atomic E-state index is 12.3. The highest BCUT2D eigenvalue weighted by Crippen LogP contribution is 2.32. The van der Waals surface area contributed by atoms with E-state index in [1.807, 2.05) is 43.3 Å². The number of anilines is 1. The Morgan fingerprint density at radius 3 is 2.79 bits per heavy atom. The third-order valence-corrected chi connectivity index (χ3v) is 6.78. The molecule has 9 nitrogen and oxygen atoms in total. The van der Waals surface area contributed by atoms with Crippen LogP contribution in [0.1, 0.15) is 49.7 Å². The van der Waals surface area contributed by atoms with Crippen molar-refractivity contribution in [2.45, 2.75) is 51.7 Å². The molecule has 3 aromatic rings. The summed E-state index contributed by atoms with van der Waals surface area (Å²) in [4.78, 5) is 33.1. The quantitative estimate of drug-likeness (QED) is 0.628. The molecule has 3 aromatic heterocycles. The molecule has 4 heterocycles. The minimum Gasteiger partial charge on any atom is -0.338 e. The van der Waals surface area contributed by atoms with E-state index in [9.17, 15) is 4.79 Å². The molecule has 0 spiro atoms. The van der Waals surface area contributed by atoms with E-state index in [1.165, 1.54) is 17.7 Å². The fourth-order valence-corrected chi connectivity index (χ4v) is 5.09. The standard InChI is InChI=1S/C25H34N8O/c1-18(2)28-25(34)32-14-12-31(13-15-32)24-27-11-9-22-29-20(17-33(22)24)16-30(3)21-8-4-6-19-7-5-10-26-23(19)21/h5,7,9-11,17-18,21H,4,6,8,12-16H2,1-3H3,(H,28,34). The summed E-state index contributed by atoms with van der Waals surface area (Å²) in [5, 5.41) is 2.98. The number of amides is 2. The molecular formula is C25H34N8O. The lowest BCUT2D eigenvalue weighted by Gasteiger charge is -2.35. The second-order valence-corrected chi connectivity index (χ2v) is 9.65. The summed E-state index contributed by atoms with van der Waals surface area (Å²) < 4.78 is 2.08. The Balaban J connectivity index is 1.30. The summed E-state index contributed by atoms with van der Waals surface area (Å²) in [6.07, 6.45) is 9.26. The van der Waals surface area contributed by atoms with Gasteiger partial charge in [-0.05, 0) is 57.9 Å². The van der Waals surface area contributed by atoms with Gasteiger partial charge < -0.3 is 15.1 Å². The summed E-state index contributed by atoms with van der Waals surface area (Å²) in [5.74, 6) is 0.882.